The number of aromatic carboxylic acids is 1. The van der Waals surface area contributed by atoms with Gasteiger partial charge >= 0.3 is 5.97 Å². The Hall–Kier alpha value is -1.33. The number of rotatable bonds is 6. The second kappa shape index (κ2) is 6.21. The van der Waals surface area contributed by atoms with Crippen LogP contribution in [0.5, 0.6) is 0 Å². The summed E-state index contributed by atoms with van der Waals surface area (Å²) in [4.78, 5) is 14.9. The van der Waals surface area contributed by atoms with E-state index in [1.165, 1.54) is 12.3 Å². The van der Waals surface area contributed by atoms with Gasteiger partial charge in [-0.25, -0.2) is 9.78 Å². The predicted octanol–water partition coefficient (Wildman–Crippen LogP) is 2.64. The summed E-state index contributed by atoms with van der Waals surface area (Å²) in [5.74, 6) is -0.361. The maximum absolute atomic E-state index is 10.9. The molecule has 0 bridgehead atoms. The number of nitrogens with one attached hydrogen (secondary N) is 1. The Bertz CT molecular complexity index is 461. The molecule has 1 unspecified atom stereocenters. The average Bonchev–Trinajstić information content (AvgIpc) is 2.26. The molecule has 1 rings (SSSR count). The highest BCUT2D eigenvalue weighted by Gasteiger charge is 2.22. The number of hydrogen-bond acceptors (Lipinski definition) is 4. The van der Waals surface area contributed by atoms with Gasteiger partial charge in [-0.15, -0.1) is 0 Å². The number of carboxylic acid groups (broad SMARTS) is 1. The van der Waals surface area contributed by atoms with Crippen LogP contribution in [0.2, 0.25) is 5.02 Å². The van der Waals surface area contributed by atoms with E-state index in [-0.39, 0.29) is 10.6 Å². The fraction of sp³-hybridized carbons (Fsp3) is 0.538. The standard InChI is InChI=1S/C13H19ClN2O3/c1-8(2)5-13(3,19)7-16-11-4-9(12(17)18)10(14)6-15-11/h4,6,8,19H,5,7H2,1-3H3,(H,15,16)(H,17,18). The molecule has 0 saturated heterocycles. The first kappa shape index (κ1) is 15.7. The first-order chi connectivity index (χ1) is 8.71. The van der Waals surface area contributed by atoms with Gasteiger partial charge in [0, 0.05) is 12.7 Å². The van der Waals surface area contributed by atoms with Crippen molar-refractivity contribution in [2.75, 3.05) is 11.9 Å². The smallest absolute Gasteiger partial charge is 0.337 e. The fourth-order valence-corrected chi connectivity index (χ4v) is 2.12. The summed E-state index contributed by atoms with van der Waals surface area (Å²) in [6.45, 7) is 6.07. The molecule has 0 aliphatic carbocycles. The molecule has 0 aliphatic heterocycles. The van der Waals surface area contributed by atoms with Gasteiger partial charge in [0.15, 0.2) is 0 Å². The van der Waals surface area contributed by atoms with E-state index in [1.807, 2.05) is 13.8 Å². The zero-order valence-corrected chi connectivity index (χ0v) is 12.0. The first-order valence-corrected chi connectivity index (χ1v) is 6.44. The predicted molar refractivity (Wildman–Crippen MR) is 74.8 cm³/mol. The monoisotopic (exact) mass is 286 g/mol. The van der Waals surface area contributed by atoms with Crippen LogP contribution in [0.4, 0.5) is 5.82 Å². The van der Waals surface area contributed by atoms with Crippen molar-refractivity contribution in [2.24, 2.45) is 5.92 Å². The van der Waals surface area contributed by atoms with Gasteiger partial charge in [-0.3, -0.25) is 0 Å². The molecule has 1 aromatic heterocycles. The van der Waals surface area contributed by atoms with Crippen molar-refractivity contribution in [3.8, 4) is 0 Å². The molecule has 0 aromatic carbocycles. The molecule has 1 heterocycles. The number of carboxylic acids is 1. The van der Waals surface area contributed by atoms with Gasteiger partial charge in [-0.05, 0) is 25.3 Å². The SMILES string of the molecule is CC(C)CC(C)(O)CNc1cc(C(=O)O)c(Cl)cn1. The summed E-state index contributed by atoms with van der Waals surface area (Å²) >= 11 is 5.73. The van der Waals surface area contributed by atoms with E-state index in [2.05, 4.69) is 10.3 Å². The summed E-state index contributed by atoms with van der Waals surface area (Å²) in [6, 6.07) is 1.36. The van der Waals surface area contributed by atoms with Crippen molar-refractivity contribution in [3.63, 3.8) is 0 Å². The van der Waals surface area contributed by atoms with E-state index in [4.69, 9.17) is 16.7 Å². The van der Waals surface area contributed by atoms with Crippen molar-refractivity contribution < 1.29 is 15.0 Å². The lowest BCUT2D eigenvalue weighted by atomic mass is 9.94. The first-order valence-electron chi connectivity index (χ1n) is 6.06. The number of aliphatic hydroxyl groups is 1. The molecular weight excluding hydrogens is 268 g/mol. The third-order valence-corrected chi connectivity index (χ3v) is 2.89. The number of nitrogens with zero attached hydrogens (tertiary/aromatic N) is 1. The summed E-state index contributed by atoms with van der Waals surface area (Å²) in [6.07, 6.45) is 1.92. The topological polar surface area (TPSA) is 82.5 Å². The van der Waals surface area contributed by atoms with Crippen LogP contribution in [0.1, 0.15) is 37.6 Å². The Morgan fingerprint density at radius 2 is 2.21 bits per heavy atom. The van der Waals surface area contributed by atoms with Crippen LogP contribution in [0.15, 0.2) is 12.3 Å². The van der Waals surface area contributed by atoms with Crippen molar-refractivity contribution in [2.45, 2.75) is 32.8 Å². The second-order valence-corrected chi connectivity index (χ2v) is 5.71. The molecule has 1 aromatic rings. The highest BCUT2D eigenvalue weighted by atomic mass is 35.5. The number of aromatic nitrogens is 1. The average molecular weight is 287 g/mol. The Morgan fingerprint density at radius 3 is 2.74 bits per heavy atom. The summed E-state index contributed by atoms with van der Waals surface area (Å²) in [5, 5.41) is 22.1. The maximum atomic E-state index is 10.9. The van der Waals surface area contributed by atoms with Crippen LogP contribution in [-0.2, 0) is 0 Å². The van der Waals surface area contributed by atoms with Gasteiger partial charge in [0.1, 0.15) is 5.82 Å². The largest absolute Gasteiger partial charge is 0.478 e. The maximum Gasteiger partial charge on any atom is 0.337 e. The van der Waals surface area contributed by atoms with Crippen LogP contribution in [0.3, 0.4) is 0 Å². The van der Waals surface area contributed by atoms with Gasteiger partial charge in [0.2, 0.25) is 0 Å². The zero-order chi connectivity index (χ0) is 14.6. The Morgan fingerprint density at radius 1 is 1.58 bits per heavy atom. The number of halogens is 1. The van der Waals surface area contributed by atoms with E-state index < -0.39 is 11.6 Å². The minimum absolute atomic E-state index is 0.0114. The minimum atomic E-state index is -1.11. The lowest BCUT2D eigenvalue weighted by molar-refractivity contribution is 0.0514. The molecule has 0 aliphatic rings. The van der Waals surface area contributed by atoms with Crippen LogP contribution in [0.25, 0.3) is 0 Å². The van der Waals surface area contributed by atoms with Crippen molar-refractivity contribution >= 4 is 23.4 Å². The third-order valence-electron chi connectivity index (χ3n) is 2.58. The molecule has 0 fully saturated rings. The third kappa shape index (κ3) is 5.04. The highest BCUT2D eigenvalue weighted by Crippen LogP contribution is 2.20. The molecule has 3 N–H and O–H groups in total. The van der Waals surface area contributed by atoms with Gasteiger partial charge < -0.3 is 15.5 Å². The lowest BCUT2D eigenvalue weighted by Gasteiger charge is -2.25. The molecule has 1 atom stereocenters. The molecule has 19 heavy (non-hydrogen) atoms. The van der Waals surface area contributed by atoms with E-state index in [0.29, 0.717) is 24.7 Å². The molecule has 0 saturated carbocycles. The summed E-state index contributed by atoms with van der Waals surface area (Å²) in [7, 11) is 0. The Balaban J connectivity index is 2.73. The van der Waals surface area contributed by atoms with Crippen molar-refractivity contribution in [1.82, 2.24) is 4.98 Å². The van der Waals surface area contributed by atoms with Gasteiger partial charge in [0.25, 0.3) is 0 Å². The quantitative estimate of drug-likeness (QED) is 0.749. The van der Waals surface area contributed by atoms with E-state index in [1.54, 1.807) is 6.92 Å². The second-order valence-electron chi connectivity index (χ2n) is 5.30. The molecule has 106 valence electrons. The van der Waals surface area contributed by atoms with Crippen LogP contribution >= 0.6 is 11.6 Å². The van der Waals surface area contributed by atoms with Gasteiger partial charge in [0.05, 0.1) is 16.2 Å². The Kier molecular flexibility index (Phi) is 5.14. The lowest BCUT2D eigenvalue weighted by Crippen LogP contribution is -2.35. The summed E-state index contributed by atoms with van der Waals surface area (Å²) < 4.78 is 0. The van der Waals surface area contributed by atoms with E-state index in [9.17, 15) is 9.90 Å². The highest BCUT2D eigenvalue weighted by molar-refractivity contribution is 6.33. The molecular formula is C13H19ClN2O3. The van der Waals surface area contributed by atoms with E-state index >= 15 is 0 Å². The molecule has 6 heteroatoms. The Labute approximate surface area is 117 Å². The minimum Gasteiger partial charge on any atom is -0.478 e. The van der Waals surface area contributed by atoms with Gasteiger partial charge in [-0.2, -0.15) is 0 Å². The molecule has 0 spiro atoms. The fourth-order valence-electron chi connectivity index (χ4n) is 1.93. The number of hydrogen-bond donors (Lipinski definition) is 3. The summed E-state index contributed by atoms with van der Waals surface area (Å²) in [5.41, 5.74) is -0.888. The normalized spacial score (nSPS) is 14.2. The zero-order valence-electron chi connectivity index (χ0n) is 11.3. The molecule has 5 nitrogen and oxygen atoms in total. The van der Waals surface area contributed by atoms with E-state index in [0.717, 1.165) is 0 Å². The van der Waals surface area contributed by atoms with Crippen LogP contribution in [-0.4, -0.2) is 33.3 Å². The number of carbonyl (C=O) groups is 1. The molecule has 0 radical (unpaired) electrons. The van der Waals surface area contributed by atoms with Gasteiger partial charge in [-0.1, -0.05) is 25.4 Å². The molecule has 0 amide bonds. The van der Waals surface area contributed by atoms with Crippen LogP contribution < -0.4 is 5.32 Å². The van der Waals surface area contributed by atoms with Crippen molar-refractivity contribution in [1.29, 1.82) is 0 Å². The van der Waals surface area contributed by atoms with Crippen molar-refractivity contribution in [3.05, 3.63) is 22.8 Å². The number of anilines is 1. The number of pyridine rings is 1. The van der Waals surface area contributed by atoms with Crippen LogP contribution in [0, 0.1) is 5.92 Å².